The molecule has 1 atom stereocenters. The highest BCUT2D eigenvalue weighted by Gasteiger charge is 2.61. The maximum absolute atomic E-state index is 12.0. The number of esters is 1. The molecular weight excluding hydrogens is 232 g/mol. The molecule has 15 heavy (non-hydrogen) atoms. The fourth-order valence-electron chi connectivity index (χ4n) is 0.865. The van der Waals surface area contributed by atoms with Crippen molar-refractivity contribution in [3.05, 3.63) is 0 Å². The second kappa shape index (κ2) is 4.25. The Morgan fingerprint density at radius 3 is 1.67 bits per heavy atom. The van der Waals surface area contributed by atoms with Crippen molar-refractivity contribution < 1.29 is 35.9 Å². The Morgan fingerprint density at radius 1 is 1.13 bits per heavy atom. The molecule has 90 valence electrons. The number of hydrogen-bond donors (Lipinski definition) is 1. The predicted molar refractivity (Wildman–Crippen MR) is 35.6 cm³/mol. The Labute approximate surface area is 80.2 Å². The number of ether oxygens (including phenoxy) is 1. The molecule has 0 bridgehead atoms. The Kier molecular flexibility index (Phi) is 3.97. The van der Waals surface area contributed by atoms with E-state index in [9.17, 15) is 31.1 Å². The summed E-state index contributed by atoms with van der Waals surface area (Å²) in [7, 11) is 0.645. The molecule has 0 aliphatic heterocycles. The van der Waals surface area contributed by atoms with E-state index in [-0.39, 0.29) is 0 Å². The van der Waals surface area contributed by atoms with E-state index in [1.54, 1.807) is 0 Å². The Morgan fingerprint density at radius 2 is 1.47 bits per heavy atom. The van der Waals surface area contributed by atoms with E-state index >= 15 is 0 Å². The highest BCUT2D eigenvalue weighted by Crippen LogP contribution is 2.40. The van der Waals surface area contributed by atoms with E-state index in [0.717, 1.165) is 0 Å². The zero-order chi connectivity index (χ0) is 12.4. The van der Waals surface area contributed by atoms with Crippen molar-refractivity contribution in [3.63, 3.8) is 0 Å². The smallest absolute Gasteiger partial charge is 0.402 e. The number of carbonyl (C=O) groups is 1. The molecule has 0 fully saturated rings. The van der Waals surface area contributed by atoms with Gasteiger partial charge in [0.05, 0.1) is 7.11 Å². The Hall–Kier alpha value is -0.990. The third-order valence-electron chi connectivity index (χ3n) is 1.54. The molecule has 0 aliphatic carbocycles. The minimum atomic E-state index is -5.65. The molecule has 0 aromatic carbocycles. The Bertz CT molecular complexity index is 221. The van der Waals surface area contributed by atoms with Gasteiger partial charge in [-0.25, -0.2) is 0 Å². The molecule has 0 heterocycles. The third-order valence-corrected chi connectivity index (χ3v) is 1.54. The van der Waals surface area contributed by atoms with Gasteiger partial charge in [-0.15, -0.1) is 0 Å². The van der Waals surface area contributed by atoms with Crippen LogP contribution in [0.5, 0.6) is 0 Å². The summed E-state index contributed by atoms with van der Waals surface area (Å²) >= 11 is 0. The molecule has 0 spiro atoms. The second-order valence-electron chi connectivity index (χ2n) is 2.61. The summed E-state index contributed by atoms with van der Waals surface area (Å²) in [5.74, 6) is -5.69. The number of halogens is 6. The topological polar surface area (TPSA) is 52.3 Å². The van der Waals surface area contributed by atoms with Crippen molar-refractivity contribution in [1.29, 1.82) is 0 Å². The molecular formula is C6H7F6NO2. The van der Waals surface area contributed by atoms with Gasteiger partial charge in [0.2, 0.25) is 0 Å². The maximum Gasteiger partial charge on any atom is 0.402 e. The lowest BCUT2D eigenvalue weighted by Gasteiger charge is -2.26. The molecule has 0 aromatic rings. The van der Waals surface area contributed by atoms with Gasteiger partial charge < -0.3 is 10.5 Å². The number of hydrogen-bond acceptors (Lipinski definition) is 3. The van der Waals surface area contributed by atoms with Crippen LogP contribution in [0.3, 0.4) is 0 Å². The van der Waals surface area contributed by atoms with Crippen molar-refractivity contribution in [2.75, 3.05) is 7.11 Å². The molecule has 9 heteroatoms. The van der Waals surface area contributed by atoms with Crippen LogP contribution in [-0.2, 0) is 9.53 Å². The summed E-state index contributed by atoms with van der Waals surface area (Å²) in [6.07, 6.45) is -11.3. The van der Waals surface area contributed by atoms with Crippen molar-refractivity contribution >= 4 is 5.97 Å². The first-order valence-corrected chi connectivity index (χ1v) is 3.48. The monoisotopic (exact) mass is 239 g/mol. The van der Waals surface area contributed by atoms with Gasteiger partial charge in [0, 0.05) is 0 Å². The van der Waals surface area contributed by atoms with Gasteiger partial charge in [0.25, 0.3) is 0 Å². The highest BCUT2D eigenvalue weighted by atomic mass is 19.4. The number of rotatable bonds is 2. The van der Waals surface area contributed by atoms with Gasteiger partial charge in [0.1, 0.15) is 6.04 Å². The van der Waals surface area contributed by atoms with Crippen LogP contribution in [0.1, 0.15) is 0 Å². The molecule has 0 aromatic heterocycles. The van der Waals surface area contributed by atoms with E-state index in [1.165, 1.54) is 0 Å². The largest absolute Gasteiger partial charge is 0.468 e. The molecule has 2 N–H and O–H groups in total. The molecule has 0 saturated heterocycles. The van der Waals surface area contributed by atoms with E-state index in [4.69, 9.17) is 0 Å². The van der Waals surface area contributed by atoms with E-state index in [0.29, 0.717) is 7.11 Å². The fraction of sp³-hybridized carbons (Fsp3) is 0.833. The molecule has 3 nitrogen and oxygen atoms in total. The first kappa shape index (κ1) is 14.0. The van der Waals surface area contributed by atoms with Crippen LogP contribution in [-0.4, -0.2) is 31.5 Å². The lowest BCUT2D eigenvalue weighted by atomic mass is 9.99. The lowest BCUT2D eigenvalue weighted by molar-refractivity contribution is -0.289. The van der Waals surface area contributed by atoms with Crippen LogP contribution >= 0.6 is 0 Å². The zero-order valence-corrected chi connectivity index (χ0v) is 7.32. The second-order valence-corrected chi connectivity index (χ2v) is 2.61. The van der Waals surface area contributed by atoms with Crippen molar-refractivity contribution in [3.8, 4) is 0 Å². The number of nitrogens with two attached hydrogens (primary N) is 1. The van der Waals surface area contributed by atoms with Crippen LogP contribution in [0.25, 0.3) is 0 Å². The number of methoxy groups -OCH3 is 1. The average molecular weight is 239 g/mol. The summed E-state index contributed by atoms with van der Waals surface area (Å²) < 4.78 is 75.5. The van der Waals surface area contributed by atoms with Crippen LogP contribution in [0.4, 0.5) is 26.3 Å². The maximum atomic E-state index is 12.0. The summed E-state index contributed by atoms with van der Waals surface area (Å²) in [5, 5.41) is 0. The molecule has 0 radical (unpaired) electrons. The summed E-state index contributed by atoms with van der Waals surface area (Å²) in [4.78, 5) is 10.5. The molecule has 0 amide bonds. The van der Waals surface area contributed by atoms with E-state index < -0.39 is 30.3 Å². The highest BCUT2D eigenvalue weighted by molar-refractivity contribution is 5.76. The normalized spacial score (nSPS) is 15.3. The van der Waals surface area contributed by atoms with Gasteiger partial charge >= 0.3 is 18.3 Å². The first-order valence-electron chi connectivity index (χ1n) is 3.48. The van der Waals surface area contributed by atoms with Crippen LogP contribution in [0.15, 0.2) is 0 Å². The molecule has 0 rings (SSSR count). The summed E-state index contributed by atoms with van der Waals surface area (Å²) in [5.41, 5.74) is 4.53. The summed E-state index contributed by atoms with van der Waals surface area (Å²) in [6, 6.07) is -2.81. The SMILES string of the molecule is COC(=O)[C@H](N)C(C(F)(F)F)C(F)(F)F. The Balaban J connectivity index is 5.06. The number of alkyl halides is 6. The quantitative estimate of drug-likeness (QED) is 0.582. The predicted octanol–water partition coefficient (Wildman–Crippen LogP) is 1.23. The van der Waals surface area contributed by atoms with Gasteiger partial charge in [-0.3, -0.25) is 4.79 Å². The van der Waals surface area contributed by atoms with Crippen LogP contribution in [0.2, 0.25) is 0 Å². The zero-order valence-electron chi connectivity index (χ0n) is 7.32. The minimum Gasteiger partial charge on any atom is -0.468 e. The van der Waals surface area contributed by atoms with Crippen molar-refractivity contribution in [2.45, 2.75) is 18.4 Å². The lowest BCUT2D eigenvalue weighted by Crippen LogP contribution is -2.52. The van der Waals surface area contributed by atoms with Crippen molar-refractivity contribution in [1.82, 2.24) is 0 Å². The number of carbonyl (C=O) groups excluding carboxylic acids is 1. The van der Waals surface area contributed by atoms with E-state index in [1.807, 2.05) is 0 Å². The molecule has 0 saturated carbocycles. The van der Waals surface area contributed by atoms with Gasteiger partial charge in [-0.1, -0.05) is 0 Å². The first-order chi connectivity index (χ1) is 6.51. The summed E-state index contributed by atoms with van der Waals surface area (Å²) in [6.45, 7) is 0. The molecule has 0 unspecified atom stereocenters. The molecule has 0 aliphatic rings. The van der Waals surface area contributed by atoms with E-state index in [2.05, 4.69) is 10.5 Å². The van der Waals surface area contributed by atoms with Gasteiger partial charge in [-0.2, -0.15) is 26.3 Å². The van der Waals surface area contributed by atoms with Crippen LogP contribution < -0.4 is 5.73 Å². The van der Waals surface area contributed by atoms with Crippen molar-refractivity contribution in [2.24, 2.45) is 11.7 Å². The van der Waals surface area contributed by atoms with Gasteiger partial charge in [-0.05, 0) is 0 Å². The standard InChI is InChI=1S/C6H7F6NO2/c1-15-4(14)2(13)3(5(7,8)9)6(10,11)12/h2-3H,13H2,1H3/t2-/m1/s1. The third kappa shape index (κ3) is 3.57. The van der Waals surface area contributed by atoms with Crippen LogP contribution in [0, 0.1) is 5.92 Å². The average Bonchev–Trinajstić information content (AvgIpc) is 1.97. The minimum absolute atomic E-state index is 0.645. The van der Waals surface area contributed by atoms with Gasteiger partial charge in [0.15, 0.2) is 5.92 Å². The fourth-order valence-corrected chi connectivity index (χ4v) is 0.865.